The van der Waals surface area contributed by atoms with E-state index in [9.17, 15) is 18.3 Å². The van der Waals surface area contributed by atoms with E-state index in [1.165, 1.54) is 18.6 Å². The van der Waals surface area contributed by atoms with Crippen LogP contribution in [0.5, 0.6) is 0 Å². The smallest absolute Gasteiger partial charge is 0.416 e. The molecule has 1 unspecified atom stereocenters. The minimum absolute atomic E-state index is 0.191. The van der Waals surface area contributed by atoms with Gasteiger partial charge >= 0.3 is 6.18 Å². The van der Waals surface area contributed by atoms with Crippen LogP contribution in [0.15, 0.2) is 45.7 Å². The molecule has 102 valence electrons. The molecule has 0 fully saturated rings. The molecule has 1 N–H and O–H groups in total. The molecule has 19 heavy (non-hydrogen) atoms. The zero-order valence-corrected chi connectivity index (χ0v) is 11.2. The van der Waals surface area contributed by atoms with Gasteiger partial charge in [0.15, 0.2) is 0 Å². The summed E-state index contributed by atoms with van der Waals surface area (Å²) in [5.41, 5.74) is 0.143. The van der Waals surface area contributed by atoms with Crippen molar-refractivity contribution in [3.05, 3.63) is 58.0 Å². The summed E-state index contributed by atoms with van der Waals surface area (Å²) in [6, 6.07) is 4.87. The minimum Gasteiger partial charge on any atom is -0.472 e. The molecule has 2 aromatic rings. The Balaban J connectivity index is 2.28. The van der Waals surface area contributed by atoms with E-state index in [0.717, 1.165) is 17.7 Å². The van der Waals surface area contributed by atoms with E-state index in [4.69, 9.17) is 4.42 Å². The van der Waals surface area contributed by atoms with Crippen molar-refractivity contribution in [2.24, 2.45) is 0 Å². The first-order chi connectivity index (χ1) is 8.88. The highest BCUT2D eigenvalue weighted by atomic mass is 79.9. The highest BCUT2D eigenvalue weighted by Crippen LogP contribution is 2.34. The summed E-state index contributed by atoms with van der Waals surface area (Å²) in [7, 11) is 0. The first kappa shape index (κ1) is 14.1. The second kappa shape index (κ2) is 5.38. The standard InChI is InChI=1S/C13H10BrF3O2/c14-11-2-1-9(13(15,16)17)6-10(11)12(18)5-8-3-4-19-7-8/h1-4,6-7,12,18H,5H2. The third-order valence-corrected chi connectivity index (χ3v) is 3.41. The van der Waals surface area contributed by atoms with Crippen LogP contribution in [-0.2, 0) is 12.6 Å². The van der Waals surface area contributed by atoms with Crippen LogP contribution < -0.4 is 0 Å². The lowest BCUT2D eigenvalue weighted by Crippen LogP contribution is -2.08. The van der Waals surface area contributed by atoms with E-state index in [-0.39, 0.29) is 12.0 Å². The van der Waals surface area contributed by atoms with E-state index in [0.29, 0.717) is 4.47 Å². The molecular weight excluding hydrogens is 325 g/mol. The summed E-state index contributed by atoms with van der Waals surface area (Å²) in [6.45, 7) is 0. The van der Waals surface area contributed by atoms with Crippen molar-refractivity contribution in [3.63, 3.8) is 0 Å². The van der Waals surface area contributed by atoms with Crippen LogP contribution in [0.1, 0.15) is 22.8 Å². The third-order valence-electron chi connectivity index (χ3n) is 2.69. The Morgan fingerprint density at radius 1 is 1.26 bits per heavy atom. The Morgan fingerprint density at radius 3 is 2.58 bits per heavy atom. The molecule has 2 nitrogen and oxygen atoms in total. The van der Waals surface area contributed by atoms with Gasteiger partial charge in [0, 0.05) is 10.9 Å². The minimum atomic E-state index is -4.43. The second-order valence-electron chi connectivity index (χ2n) is 4.09. The van der Waals surface area contributed by atoms with E-state index < -0.39 is 17.8 Å². The predicted octanol–water partition coefficient (Wildman–Crippen LogP) is 4.34. The number of furan rings is 1. The van der Waals surface area contributed by atoms with Gasteiger partial charge in [-0.1, -0.05) is 15.9 Å². The molecule has 0 bridgehead atoms. The van der Waals surface area contributed by atoms with Gasteiger partial charge in [-0.25, -0.2) is 0 Å². The molecule has 0 radical (unpaired) electrons. The Labute approximate surface area is 116 Å². The fourth-order valence-electron chi connectivity index (χ4n) is 1.72. The summed E-state index contributed by atoms with van der Waals surface area (Å²) >= 11 is 3.15. The van der Waals surface area contributed by atoms with Crippen molar-refractivity contribution in [3.8, 4) is 0 Å². The number of benzene rings is 1. The SMILES string of the molecule is OC(Cc1ccoc1)c1cc(C(F)(F)F)ccc1Br. The van der Waals surface area contributed by atoms with Crippen LogP contribution in [0, 0.1) is 0 Å². The summed E-state index contributed by atoms with van der Waals surface area (Å²) in [5.74, 6) is 0. The number of alkyl halides is 3. The molecule has 0 aliphatic rings. The van der Waals surface area contributed by atoms with Crippen molar-refractivity contribution in [2.45, 2.75) is 18.7 Å². The molecule has 0 spiro atoms. The molecule has 0 aliphatic heterocycles. The predicted molar refractivity (Wildman–Crippen MR) is 66.5 cm³/mol. The number of hydrogen-bond acceptors (Lipinski definition) is 2. The van der Waals surface area contributed by atoms with Gasteiger partial charge in [-0.15, -0.1) is 0 Å². The van der Waals surface area contributed by atoms with Crippen molar-refractivity contribution in [2.75, 3.05) is 0 Å². The number of halogens is 4. The van der Waals surface area contributed by atoms with Gasteiger partial charge in [-0.3, -0.25) is 0 Å². The lowest BCUT2D eigenvalue weighted by Gasteiger charge is -2.15. The van der Waals surface area contributed by atoms with E-state index in [1.54, 1.807) is 6.07 Å². The second-order valence-corrected chi connectivity index (χ2v) is 4.94. The molecule has 1 aromatic heterocycles. The van der Waals surface area contributed by atoms with Gasteiger partial charge < -0.3 is 9.52 Å². The van der Waals surface area contributed by atoms with Crippen molar-refractivity contribution < 1.29 is 22.7 Å². The van der Waals surface area contributed by atoms with Crippen LogP contribution in [0.2, 0.25) is 0 Å². The van der Waals surface area contributed by atoms with Gasteiger partial charge in [0.05, 0.1) is 24.2 Å². The van der Waals surface area contributed by atoms with Gasteiger partial charge in [-0.2, -0.15) is 13.2 Å². The van der Waals surface area contributed by atoms with Gasteiger partial charge in [0.1, 0.15) is 0 Å². The highest BCUT2D eigenvalue weighted by molar-refractivity contribution is 9.10. The average molecular weight is 335 g/mol. The van der Waals surface area contributed by atoms with Gasteiger partial charge in [0.25, 0.3) is 0 Å². The number of aliphatic hydroxyl groups excluding tert-OH is 1. The maximum absolute atomic E-state index is 12.6. The fourth-order valence-corrected chi connectivity index (χ4v) is 2.23. The first-order valence-electron chi connectivity index (χ1n) is 5.43. The fraction of sp³-hybridized carbons (Fsp3) is 0.231. The van der Waals surface area contributed by atoms with Crippen LogP contribution in [0.25, 0.3) is 0 Å². The maximum Gasteiger partial charge on any atom is 0.416 e. The first-order valence-corrected chi connectivity index (χ1v) is 6.23. The van der Waals surface area contributed by atoms with Crippen molar-refractivity contribution in [1.82, 2.24) is 0 Å². The topological polar surface area (TPSA) is 33.4 Å². The molecule has 1 atom stereocenters. The number of rotatable bonds is 3. The largest absolute Gasteiger partial charge is 0.472 e. The zero-order valence-electron chi connectivity index (χ0n) is 9.62. The molecule has 1 heterocycles. The Hall–Kier alpha value is -1.27. The van der Waals surface area contributed by atoms with Gasteiger partial charge in [0.2, 0.25) is 0 Å². The van der Waals surface area contributed by atoms with Crippen LogP contribution in [0.4, 0.5) is 13.2 Å². The Kier molecular flexibility index (Phi) is 4.01. The Bertz CT molecular complexity index is 550. The number of aliphatic hydroxyl groups is 1. The van der Waals surface area contributed by atoms with Gasteiger partial charge in [-0.05, 0) is 35.4 Å². The lowest BCUT2D eigenvalue weighted by atomic mass is 10.0. The molecule has 2 rings (SSSR count). The monoisotopic (exact) mass is 334 g/mol. The lowest BCUT2D eigenvalue weighted by molar-refractivity contribution is -0.137. The summed E-state index contributed by atoms with van der Waals surface area (Å²) in [4.78, 5) is 0. The van der Waals surface area contributed by atoms with Crippen LogP contribution >= 0.6 is 15.9 Å². The van der Waals surface area contributed by atoms with E-state index in [2.05, 4.69) is 15.9 Å². The normalized spacial score (nSPS) is 13.5. The number of hydrogen-bond donors (Lipinski definition) is 1. The molecule has 0 amide bonds. The molecular formula is C13H10BrF3O2. The Morgan fingerprint density at radius 2 is 2.00 bits per heavy atom. The summed E-state index contributed by atoms with van der Waals surface area (Å²) in [5, 5.41) is 10.0. The van der Waals surface area contributed by atoms with Crippen molar-refractivity contribution in [1.29, 1.82) is 0 Å². The highest BCUT2D eigenvalue weighted by Gasteiger charge is 2.31. The summed E-state index contributed by atoms with van der Waals surface area (Å²) < 4.78 is 43.2. The maximum atomic E-state index is 12.6. The zero-order chi connectivity index (χ0) is 14.0. The van der Waals surface area contributed by atoms with Crippen LogP contribution in [0.3, 0.4) is 0 Å². The molecule has 1 aromatic carbocycles. The molecule has 0 saturated carbocycles. The molecule has 0 saturated heterocycles. The van der Waals surface area contributed by atoms with E-state index >= 15 is 0 Å². The van der Waals surface area contributed by atoms with E-state index in [1.807, 2.05) is 0 Å². The average Bonchev–Trinajstić information content (AvgIpc) is 2.80. The summed E-state index contributed by atoms with van der Waals surface area (Å²) in [6.07, 6.45) is -2.37. The quantitative estimate of drug-likeness (QED) is 0.905. The van der Waals surface area contributed by atoms with Crippen LogP contribution in [-0.4, -0.2) is 5.11 Å². The third kappa shape index (κ3) is 3.39. The molecule has 0 aliphatic carbocycles. The van der Waals surface area contributed by atoms with Crippen molar-refractivity contribution >= 4 is 15.9 Å². The molecule has 6 heteroatoms.